The summed E-state index contributed by atoms with van der Waals surface area (Å²) in [6.07, 6.45) is 4.33. The van der Waals surface area contributed by atoms with Gasteiger partial charge in [-0.25, -0.2) is 0 Å². The lowest BCUT2D eigenvalue weighted by Crippen LogP contribution is -2.13. The maximum Gasteiger partial charge on any atom is 0.213 e. The molecule has 0 aliphatic carbocycles. The van der Waals surface area contributed by atoms with Gasteiger partial charge in [-0.1, -0.05) is 25.5 Å². The summed E-state index contributed by atoms with van der Waals surface area (Å²) >= 11 is 0. The molecule has 0 fully saturated rings. The molecule has 1 amide bonds. The molecule has 0 N–H and O–H groups in total. The number of rotatable bonds is 5. The summed E-state index contributed by atoms with van der Waals surface area (Å²) < 4.78 is 0. The molecular weight excluding hydrogens is 174 g/mol. The molecule has 1 aromatic carbocycles. The molecule has 0 atom stereocenters. The minimum atomic E-state index is 0.832. The van der Waals surface area contributed by atoms with Gasteiger partial charge < -0.3 is 4.90 Å². The van der Waals surface area contributed by atoms with Crippen molar-refractivity contribution in [2.45, 2.75) is 26.2 Å². The minimum Gasteiger partial charge on any atom is -0.318 e. The Morgan fingerprint density at radius 1 is 1.43 bits per heavy atom. The van der Waals surface area contributed by atoms with E-state index < -0.39 is 0 Å². The number of carbonyl (C=O) groups is 1. The monoisotopic (exact) mass is 191 g/mol. The molecule has 0 saturated carbocycles. The zero-order chi connectivity index (χ0) is 10.4. The van der Waals surface area contributed by atoms with Crippen LogP contribution in [-0.2, 0) is 11.2 Å². The van der Waals surface area contributed by atoms with Crippen LogP contribution < -0.4 is 4.90 Å². The first-order chi connectivity index (χ1) is 6.77. The average molecular weight is 191 g/mol. The van der Waals surface area contributed by atoms with E-state index in [1.54, 1.807) is 11.9 Å². The number of anilines is 1. The molecule has 14 heavy (non-hydrogen) atoms. The van der Waals surface area contributed by atoms with Gasteiger partial charge in [0.15, 0.2) is 0 Å². The molecule has 2 heteroatoms. The molecular formula is C12H17NO. The third-order valence-electron chi connectivity index (χ3n) is 2.29. The Labute approximate surface area is 85.5 Å². The van der Waals surface area contributed by atoms with Crippen molar-refractivity contribution in [1.82, 2.24) is 0 Å². The Hall–Kier alpha value is -1.31. The Bertz CT molecular complexity index is 296. The smallest absolute Gasteiger partial charge is 0.213 e. The number of carbonyl (C=O) groups excluding carboxylic acids is 1. The fourth-order valence-electron chi connectivity index (χ4n) is 1.37. The van der Waals surface area contributed by atoms with Gasteiger partial charge in [-0.2, -0.15) is 0 Å². The molecule has 0 radical (unpaired) electrons. The highest BCUT2D eigenvalue weighted by Gasteiger charge is 1.99. The topological polar surface area (TPSA) is 20.3 Å². The van der Waals surface area contributed by atoms with Crippen LogP contribution in [0.15, 0.2) is 24.3 Å². The molecule has 0 aromatic heterocycles. The molecule has 76 valence electrons. The summed E-state index contributed by atoms with van der Waals surface area (Å²) in [6.45, 7) is 2.18. The van der Waals surface area contributed by atoms with E-state index in [0.717, 1.165) is 18.5 Å². The lowest BCUT2D eigenvalue weighted by atomic mass is 10.1. The van der Waals surface area contributed by atoms with Crippen LogP contribution >= 0.6 is 0 Å². The van der Waals surface area contributed by atoms with E-state index in [2.05, 4.69) is 19.1 Å². The Morgan fingerprint density at radius 2 is 2.21 bits per heavy atom. The van der Waals surface area contributed by atoms with Gasteiger partial charge >= 0.3 is 0 Å². The van der Waals surface area contributed by atoms with Gasteiger partial charge in [0.2, 0.25) is 6.41 Å². The Kier molecular flexibility index (Phi) is 4.17. The maximum absolute atomic E-state index is 10.6. The van der Waals surface area contributed by atoms with Gasteiger partial charge in [0, 0.05) is 12.7 Å². The maximum atomic E-state index is 10.6. The number of aryl methyl sites for hydroxylation is 1. The summed E-state index contributed by atoms with van der Waals surface area (Å²) in [5, 5.41) is 0. The fourth-order valence-corrected chi connectivity index (χ4v) is 1.37. The average Bonchev–Trinajstić information content (AvgIpc) is 2.25. The number of benzene rings is 1. The van der Waals surface area contributed by atoms with Crippen molar-refractivity contribution in [2.24, 2.45) is 0 Å². The van der Waals surface area contributed by atoms with Crippen molar-refractivity contribution in [3.63, 3.8) is 0 Å². The second kappa shape index (κ2) is 5.43. The number of nitrogens with zero attached hydrogens (tertiary/aromatic N) is 1. The zero-order valence-electron chi connectivity index (χ0n) is 8.86. The van der Waals surface area contributed by atoms with Crippen molar-refractivity contribution in [3.05, 3.63) is 29.8 Å². The molecule has 1 aromatic rings. The number of hydrogen-bond acceptors (Lipinski definition) is 1. The second-order valence-corrected chi connectivity index (χ2v) is 3.49. The summed E-state index contributed by atoms with van der Waals surface area (Å²) in [4.78, 5) is 12.1. The van der Waals surface area contributed by atoms with Crippen molar-refractivity contribution in [1.29, 1.82) is 0 Å². The summed E-state index contributed by atoms with van der Waals surface area (Å²) in [7, 11) is 1.77. The van der Waals surface area contributed by atoms with Crippen LogP contribution in [0.4, 0.5) is 5.69 Å². The lowest BCUT2D eigenvalue weighted by Gasteiger charge is -2.11. The van der Waals surface area contributed by atoms with Crippen LogP contribution in [0.5, 0.6) is 0 Å². The predicted molar refractivity (Wildman–Crippen MR) is 59.5 cm³/mol. The van der Waals surface area contributed by atoms with Crippen LogP contribution in [-0.4, -0.2) is 13.5 Å². The van der Waals surface area contributed by atoms with Gasteiger partial charge in [-0.15, -0.1) is 0 Å². The molecule has 0 bridgehead atoms. The highest BCUT2D eigenvalue weighted by atomic mass is 16.1. The van der Waals surface area contributed by atoms with E-state index in [1.807, 2.05) is 12.1 Å². The first-order valence-electron chi connectivity index (χ1n) is 5.05. The second-order valence-electron chi connectivity index (χ2n) is 3.49. The highest BCUT2D eigenvalue weighted by molar-refractivity contribution is 5.74. The molecule has 0 heterocycles. The highest BCUT2D eigenvalue weighted by Crippen LogP contribution is 2.15. The lowest BCUT2D eigenvalue weighted by molar-refractivity contribution is -0.107. The quantitative estimate of drug-likeness (QED) is 0.655. The molecule has 0 unspecified atom stereocenters. The normalized spacial score (nSPS) is 9.86. The van der Waals surface area contributed by atoms with Gasteiger partial charge in [0.1, 0.15) is 0 Å². The molecule has 0 saturated heterocycles. The number of amides is 1. The number of hydrogen-bond donors (Lipinski definition) is 0. The first-order valence-corrected chi connectivity index (χ1v) is 5.05. The van der Waals surface area contributed by atoms with Crippen LogP contribution in [0.3, 0.4) is 0 Å². The SMILES string of the molecule is CCCCc1cccc(N(C)C=O)c1. The molecule has 1 rings (SSSR count). The summed E-state index contributed by atoms with van der Waals surface area (Å²) in [6, 6.07) is 8.13. The van der Waals surface area contributed by atoms with E-state index in [-0.39, 0.29) is 0 Å². The van der Waals surface area contributed by atoms with E-state index >= 15 is 0 Å². The molecule has 0 spiro atoms. The largest absolute Gasteiger partial charge is 0.318 e. The van der Waals surface area contributed by atoms with Crippen molar-refractivity contribution < 1.29 is 4.79 Å². The van der Waals surface area contributed by atoms with Crippen LogP contribution in [0.2, 0.25) is 0 Å². The van der Waals surface area contributed by atoms with E-state index in [4.69, 9.17) is 0 Å². The number of unbranched alkanes of at least 4 members (excludes halogenated alkanes) is 1. The van der Waals surface area contributed by atoms with Crippen molar-refractivity contribution >= 4 is 12.1 Å². The van der Waals surface area contributed by atoms with Gasteiger partial charge in [0.25, 0.3) is 0 Å². The molecule has 2 nitrogen and oxygen atoms in total. The van der Waals surface area contributed by atoms with Crippen LogP contribution in [0, 0.1) is 0 Å². The third-order valence-corrected chi connectivity index (χ3v) is 2.29. The zero-order valence-corrected chi connectivity index (χ0v) is 8.86. The molecule has 0 aliphatic rings. The van der Waals surface area contributed by atoms with E-state index in [9.17, 15) is 4.79 Å². The summed E-state index contributed by atoms with van der Waals surface area (Å²) in [5.41, 5.74) is 2.27. The van der Waals surface area contributed by atoms with E-state index in [1.165, 1.54) is 18.4 Å². The van der Waals surface area contributed by atoms with Crippen LogP contribution in [0.25, 0.3) is 0 Å². The summed E-state index contributed by atoms with van der Waals surface area (Å²) in [5.74, 6) is 0. The fraction of sp³-hybridized carbons (Fsp3) is 0.417. The minimum absolute atomic E-state index is 0.832. The predicted octanol–water partition coefficient (Wildman–Crippen LogP) is 2.62. The Morgan fingerprint density at radius 3 is 2.86 bits per heavy atom. The van der Waals surface area contributed by atoms with Crippen LogP contribution in [0.1, 0.15) is 25.3 Å². The Balaban J connectivity index is 2.73. The third kappa shape index (κ3) is 2.87. The molecule has 0 aliphatic heterocycles. The van der Waals surface area contributed by atoms with E-state index in [0.29, 0.717) is 0 Å². The standard InChI is InChI=1S/C12H17NO/c1-3-4-6-11-7-5-8-12(9-11)13(2)10-14/h5,7-10H,3-4,6H2,1-2H3. The van der Waals surface area contributed by atoms with Crippen molar-refractivity contribution in [3.8, 4) is 0 Å². The van der Waals surface area contributed by atoms with Gasteiger partial charge in [0.05, 0.1) is 0 Å². The first kappa shape index (κ1) is 10.8. The van der Waals surface area contributed by atoms with Crippen molar-refractivity contribution in [2.75, 3.05) is 11.9 Å². The van der Waals surface area contributed by atoms with Gasteiger partial charge in [-0.05, 0) is 30.5 Å². The van der Waals surface area contributed by atoms with Gasteiger partial charge in [-0.3, -0.25) is 4.79 Å².